The van der Waals surface area contributed by atoms with E-state index in [4.69, 9.17) is 9.84 Å². The third-order valence-corrected chi connectivity index (χ3v) is 1.65. The third kappa shape index (κ3) is 1.95. The minimum atomic E-state index is 0.0706. The number of aliphatic hydroxyl groups is 1. The number of ether oxygens (including phenoxy) is 1. The van der Waals surface area contributed by atoms with E-state index in [0.717, 1.165) is 12.8 Å². The van der Waals surface area contributed by atoms with E-state index in [-0.39, 0.29) is 12.7 Å². The normalized spacial score (nSPS) is 36.7. The summed E-state index contributed by atoms with van der Waals surface area (Å²) in [5, 5.41) is 8.63. The van der Waals surface area contributed by atoms with E-state index in [1.807, 2.05) is 6.61 Å². The van der Waals surface area contributed by atoms with Crippen LogP contribution in [0.1, 0.15) is 19.8 Å². The molecule has 0 saturated carbocycles. The van der Waals surface area contributed by atoms with Crippen LogP contribution in [0.5, 0.6) is 0 Å². The Morgan fingerprint density at radius 2 is 2.44 bits per heavy atom. The molecule has 1 N–H and O–H groups in total. The van der Waals surface area contributed by atoms with Crippen LogP contribution in [0.2, 0.25) is 0 Å². The lowest BCUT2D eigenvalue weighted by atomic mass is 10.0. The van der Waals surface area contributed by atoms with Crippen LogP contribution in [-0.4, -0.2) is 17.8 Å². The maximum atomic E-state index is 8.63. The fourth-order valence-corrected chi connectivity index (χ4v) is 0.964. The molecule has 1 fully saturated rings. The second-order valence-electron chi connectivity index (χ2n) is 2.63. The van der Waals surface area contributed by atoms with Crippen molar-refractivity contribution >= 4 is 0 Å². The van der Waals surface area contributed by atoms with Crippen LogP contribution in [0.15, 0.2) is 0 Å². The minimum Gasteiger partial charge on any atom is -0.394 e. The molecular weight excluding hydrogens is 116 g/mol. The molecule has 0 spiro atoms. The summed E-state index contributed by atoms with van der Waals surface area (Å²) < 4.78 is 5.16. The quantitative estimate of drug-likeness (QED) is 0.571. The Balaban J connectivity index is 2.18. The number of hydrogen-bond acceptors (Lipinski definition) is 2. The zero-order chi connectivity index (χ0) is 6.69. The van der Waals surface area contributed by atoms with Gasteiger partial charge in [0.1, 0.15) is 0 Å². The van der Waals surface area contributed by atoms with Gasteiger partial charge in [0, 0.05) is 0 Å². The van der Waals surface area contributed by atoms with E-state index < -0.39 is 0 Å². The molecule has 0 aromatic rings. The van der Waals surface area contributed by atoms with Crippen LogP contribution in [0.4, 0.5) is 0 Å². The number of rotatable bonds is 1. The van der Waals surface area contributed by atoms with E-state index in [1.54, 1.807) is 0 Å². The van der Waals surface area contributed by atoms with Gasteiger partial charge in [0.2, 0.25) is 0 Å². The fourth-order valence-electron chi connectivity index (χ4n) is 0.964. The maximum absolute atomic E-state index is 8.63. The Hall–Kier alpha value is -0.0800. The highest BCUT2D eigenvalue weighted by Crippen LogP contribution is 2.20. The summed E-state index contributed by atoms with van der Waals surface area (Å²) in [7, 11) is 0. The zero-order valence-electron chi connectivity index (χ0n) is 5.71. The van der Waals surface area contributed by atoms with Gasteiger partial charge in [-0.1, -0.05) is 6.92 Å². The van der Waals surface area contributed by atoms with Crippen molar-refractivity contribution in [1.82, 2.24) is 0 Å². The Morgan fingerprint density at radius 3 is 2.89 bits per heavy atom. The largest absolute Gasteiger partial charge is 0.394 e. The predicted octanol–water partition coefficient (Wildman–Crippen LogP) is 0.956. The molecule has 1 radical (unpaired) electrons. The van der Waals surface area contributed by atoms with Crippen molar-refractivity contribution in [3.8, 4) is 0 Å². The second kappa shape index (κ2) is 3.18. The van der Waals surface area contributed by atoms with E-state index in [2.05, 4.69) is 6.92 Å². The van der Waals surface area contributed by atoms with E-state index in [9.17, 15) is 0 Å². The van der Waals surface area contributed by atoms with E-state index in [1.165, 1.54) is 0 Å². The molecule has 0 aromatic heterocycles. The lowest BCUT2D eigenvalue weighted by molar-refractivity contribution is 0.00314. The van der Waals surface area contributed by atoms with Crippen molar-refractivity contribution in [2.45, 2.75) is 25.9 Å². The summed E-state index contributed by atoms with van der Waals surface area (Å²) in [5.74, 6) is 0.563. The van der Waals surface area contributed by atoms with Crippen LogP contribution < -0.4 is 0 Å². The van der Waals surface area contributed by atoms with Gasteiger partial charge < -0.3 is 9.84 Å². The van der Waals surface area contributed by atoms with Crippen LogP contribution >= 0.6 is 0 Å². The number of hydrogen-bond donors (Lipinski definition) is 1. The highest BCUT2D eigenvalue weighted by atomic mass is 16.5. The molecule has 2 nitrogen and oxygen atoms in total. The summed E-state index contributed by atoms with van der Waals surface area (Å²) >= 11 is 0. The van der Waals surface area contributed by atoms with Gasteiger partial charge in [-0.15, -0.1) is 0 Å². The average Bonchev–Trinajstić information content (AvgIpc) is 1.90. The predicted molar refractivity (Wildman–Crippen MR) is 34.7 cm³/mol. The first kappa shape index (κ1) is 7.03. The highest BCUT2D eigenvalue weighted by molar-refractivity contribution is 4.73. The minimum absolute atomic E-state index is 0.0706. The van der Waals surface area contributed by atoms with Crippen molar-refractivity contribution in [3.05, 3.63) is 6.61 Å². The molecule has 1 rings (SSSR count). The van der Waals surface area contributed by atoms with E-state index >= 15 is 0 Å². The lowest BCUT2D eigenvalue weighted by Gasteiger charge is -2.24. The molecule has 0 aliphatic carbocycles. The summed E-state index contributed by atoms with van der Waals surface area (Å²) in [5.41, 5.74) is 0. The van der Waals surface area contributed by atoms with Gasteiger partial charge in [-0.05, 0) is 18.8 Å². The Labute approximate surface area is 55.8 Å². The van der Waals surface area contributed by atoms with Crippen molar-refractivity contribution < 1.29 is 9.84 Å². The molecule has 1 aliphatic rings. The molecular formula is C7H13O2. The van der Waals surface area contributed by atoms with Gasteiger partial charge in [-0.2, -0.15) is 0 Å². The summed E-state index contributed by atoms with van der Waals surface area (Å²) in [6, 6.07) is 0. The van der Waals surface area contributed by atoms with Gasteiger partial charge >= 0.3 is 0 Å². The van der Waals surface area contributed by atoms with Gasteiger partial charge in [0.15, 0.2) is 0 Å². The smallest absolute Gasteiger partial charge is 0.0869 e. The SMILES string of the molecule is CC1[CH]OC(CO)CC1. The molecule has 1 saturated heterocycles. The third-order valence-electron chi connectivity index (χ3n) is 1.65. The summed E-state index contributed by atoms with van der Waals surface area (Å²) in [6.45, 7) is 4.10. The Bertz CT molecular complexity index is 75.0. The molecule has 0 amide bonds. The molecule has 2 heteroatoms. The van der Waals surface area contributed by atoms with Crippen molar-refractivity contribution in [2.24, 2.45) is 5.92 Å². The fraction of sp³-hybridized carbons (Fsp3) is 0.857. The first-order valence-corrected chi connectivity index (χ1v) is 3.42. The van der Waals surface area contributed by atoms with Crippen molar-refractivity contribution in [3.63, 3.8) is 0 Å². The van der Waals surface area contributed by atoms with Crippen LogP contribution in [0.25, 0.3) is 0 Å². The zero-order valence-corrected chi connectivity index (χ0v) is 5.71. The molecule has 0 bridgehead atoms. The van der Waals surface area contributed by atoms with Gasteiger partial charge in [0.25, 0.3) is 0 Å². The first-order valence-electron chi connectivity index (χ1n) is 3.42. The Morgan fingerprint density at radius 1 is 1.67 bits per heavy atom. The molecule has 2 atom stereocenters. The van der Waals surface area contributed by atoms with Crippen molar-refractivity contribution in [1.29, 1.82) is 0 Å². The monoisotopic (exact) mass is 129 g/mol. The number of aliphatic hydroxyl groups excluding tert-OH is 1. The van der Waals surface area contributed by atoms with Crippen molar-refractivity contribution in [2.75, 3.05) is 6.61 Å². The second-order valence-corrected chi connectivity index (χ2v) is 2.63. The maximum Gasteiger partial charge on any atom is 0.0869 e. The summed E-state index contributed by atoms with van der Waals surface area (Å²) in [4.78, 5) is 0. The van der Waals surface area contributed by atoms with E-state index in [0.29, 0.717) is 5.92 Å². The average molecular weight is 129 g/mol. The Kier molecular flexibility index (Phi) is 2.49. The van der Waals surface area contributed by atoms with Crippen LogP contribution in [0, 0.1) is 12.5 Å². The van der Waals surface area contributed by atoms with Crippen LogP contribution in [-0.2, 0) is 4.74 Å². The van der Waals surface area contributed by atoms with Gasteiger partial charge in [-0.25, -0.2) is 0 Å². The summed E-state index contributed by atoms with van der Waals surface area (Å²) in [6.07, 6.45) is 2.21. The van der Waals surface area contributed by atoms with Gasteiger partial charge in [0.05, 0.1) is 19.3 Å². The molecule has 53 valence electrons. The standard InChI is InChI=1S/C7H13O2/c1-6-2-3-7(4-8)9-5-6/h5-8H,2-4H2,1H3. The van der Waals surface area contributed by atoms with Gasteiger partial charge in [-0.3, -0.25) is 0 Å². The lowest BCUT2D eigenvalue weighted by Crippen LogP contribution is -2.23. The molecule has 1 heterocycles. The highest BCUT2D eigenvalue weighted by Gasteiger charge is 2.17. The molecule has 2 unspecified atom stereocenters. The molecule has 9 heavy (non-hydrogen) atoms. The first-order chi connectivity index (χ1) is 4.33. The molecule has 0 aromatic carbocycles. The van der Waals surface area contributed by atoms with Crippen LogP contribution in [0.3, 0.4) is 0 Å². The molecule has 1 aliphatic heterocycles. The topological polar surface area (TPSA) is 29.5 Å².